The third-order valence-electron chi connectivity index (χ3n) is 4.52. The number of carbonyl (C=O) groups is 1. The van der Waals surface area contributed by atoms with Gasteiger partial charge in [-0.15, -0.1) is 13.2 Å². The van der Waals surface area contributed by atoms with Crippen molar-refractivity contribution in [2.45, 2.75) is 19.3 Å². The van der Waals surface area contributed by atoms with Crippen LogP contribution in [0.2, 0.25) is 0 Å². The van der Waals surface area contributed by atoms with Gasteiger partial charge < -0.3 is 9.84 Å². The molecule has 4 aromatic rings. The zero-order chi connectivity index (χ0) is 23.2. The zero-order valence-corrected chi connectivity index (χ0v) is 17.5. The number of fused-ring (bicyclic) bond motifs is 1. The van der Waals surface area contributed by atoms with E-state index < -0.39 is 35.5 Å². The van der Waals surface area contributed by atoms with Crippen molar-refractivity contribution in [3.63, 3.8) is 0 Å². The van der Waals surface area contributed by atoms with E-state index in [0.29, 0.717) is 0 Å². The van der Waals surface area contributed by atoms with Gasteiger partial charge >= 0.3 is 12.3 Å². The number of alkyl halides is 3. The summed E-state index contributed by atoms with van der Waals surface area (Å²) in [5.74, 6) is -3.48. The lowest BCUT2D eigenvalue weighted by atomic mass is 10.1. The van der Waals surface area contributed by atoms with E-state index in [4.69, 9.17) is 5.11 Å². The van der Waals surface area contributed by atoms with Crippen LogP contribution in [-0.2, 0) is 0 Å². The number of halogens is 4. The summed E-state index contributed by atoms with van der Waals surface area (Å²) < 4.78 is 57.0. The van der Waals surface area contributed by atoms with Gasteiger partial charge in [-0.3, -0.25) is 14.5 Å². The second-order valence-corrected chi connectivity index (χ2v) is 6.60. The lowest BCUT2D eigenvalue weighted by Gasteiger charge is -2.15. The van der Waals surface area contributed by atoms with E-state index in [1.54, 1.807) is 6.92 Å². The van der Waals surface area contributed by atoms with Crippen LogP contribution in [0.5, 0.6) is 5.75 Å². The summed E-state index contributed by atoms with van der Waals surface area (Å²) in [6.45, 7) is 1.56. The molecule has 0 unspecified atom stereocenters. The third kappa shape index (κ3) is 4.67. The fourth-order valence-electron chi connectivity index (χ4n) is 3.03. The van der Waals surface area contributed by atoms with Crippen molar-refractivity contribution in [2.75, 3.05) is 0 Å². The van der Waals surface area contributed by atoms with Gasteiger partial charge in [-0.25, -0.2) is 18.9 Å². The molecule has 0 aliphatic rings. The van der Waals surface area contributed by atoms with E-state index in [0.717, 1.165) is 29.2 Å². The SMILES string of the molecule is C[C@@H](c1ccc(OC(F)(F)F)c(F)c1)n1ncc2nc(-n3cc(C(=O)O)cn3)[nH]c(=O)c21.S. The molecule has 0 saturated heterocycles. The largest absolute Gasteiger partial charge is 0.573 e. The molecule has 0 bridgehead atoms. The molecular weight excluding hydrogens is 472 g/mol. The van der Waals surface area contributed by atoms with Crippen LogP contribution >= 0.6 is 13.5 Å². The first-order chi connectivity index (χ1) is 15.0. The van der Waals surface area contributed by atoms with Crippen molar-refractivity contribution in [3.05, 3.63) is 64.1 Å². The molecule has 0 radical (unpaired) electrons. The molecule has 3 aromatic heterocycles. The first-order valence-corrected chi connectivity index (χ1v) is 8.84. The molecule has 0 amide bonds. The number of aromatic carboxylic acids is 1. The lowest BCUT2D eigenvalue weighted by Crippen LogP contribution is -2.19. The van der Waals surface area contributed by atoms with Crippen LogP contribution in [0.25, 0.3) is 17.0 Å². The predicted molar refractivity (Wildman–Crippen MR) is 110 cm³/mol. The molecule has 0 aliphatic carbocycles. The van der Waals surface area contributed by atoms with E-state index >= 15 is 0 Å². The van der Waals surface area contributed by atoms with E-state index in [1.807, 2.05) is 0 Å². The van der Waals surface area contributed by atoms with E-state index in [2.05, 4.69) is 24.9 Å². The van der Waals surface area contributed by atoms with Crippen LogP contribution in [0.4, 0.5) is 17.6 Å². The molecule has 2 N–H and O–H groups in total. The molecule has 174 valence electrons. The predicted octanol–water partition coefficient (Wildman–Crippen LogP) is 2.76. The van der Waals surface area contributed by atoms with Gasteiger partial charge in [0.05, 0.1) is 24.0 Å². The quantitative estimate of drug-likeness (QED) is 0.415. The lowest BCUT2D eigenvalue weighted by molar-refractivity contribution is -0.275. The van der Waals surface area contributed by atoms with Crippen molar-refractivity contribution in [1.29, 1.82) is 0 Å². The second-order valence-electron chi connectivity index (χ2n) is 6.60. The molecule has 1 aromatic carbocycles. The molecule has 0 saturated carbocycles. The van der Waals surface area contributed by atoms with E-state index in [9.17, 15) is 27.2 Å². The van der Waals surface area contributed by atoms with Gasteiger partial charge in [0, 0.05) is 6.20 Å². The molecule has 33 heavy (non-hydrogen) atoms. The highest BCUT2D eigenvalue weighted by Crippen LogP contribution is 2.29. The first-order valence-electron chi connectivity index (χ1n) is 8.84. The normalized spacial score (nSPS) is 12.4. The Bertz CT molecular complexity index is 1400. The Balaban J connectivity index is 0.00000306. The minimum absolute atomic E-state index is 0. The van der Waals surface area contributed by atoms with Crippen LogP contribution in [0, 0.1) is 5.82 Å². The van der Waals surface area contributed by atoms with E-state index in [-0.39, 0.29) is 41.6 Å². The number of rotatable bonds is 5. The number of ether oxygens (including phenoxy) is 1. The number of carboxylic acid groups (broad SMARTS) is 1. The summed E-state index contributed by atoms with van der Waals surface area (Å²) in [5.41, 5.74) is -0.372. The molecule has 15 heteroatoms. The fraction of sp³-hybridized carbons (Fsp3) is 0.167. The number of aromatic nitrogens is 6. The molecule has 4 rings (SSSR count). The number of hydrogen-bond donors (Lipinski definition) is 2. The molecule has 1 atom stereocenters. The summed E-state index contributed by atoms with van der Waals surface area (Å²) in [7, 11) is 0. The van der Waals surface area contributed by atoms with Crippen LogP contribution in [0.15, 0.2) is 41.6 Å². The molecule has 3 heterocycles. The van der Waals surface area contributed by atoms with Crippen molar-refractivity contribution in [3.8, 4) is 11.7 Å². The van der Waals surface area contributed by atoms with Crippen molar-refractivity contribution in [1.82, 2.24) is 29.5 Å². The molecular formula is C18H14F4N6O4S. The average molecular weight is 486 g/mol. The van der Waals surface area contributed by atoms with Gasteiger partial charge in [0.2, 0.25) is 5.95 Å². The summed E-state index contributed by atoms with van der Waals surface area (Å²) in [5, 5.41) is 16.9. The number of H-pyrrole nitrogens is 1. The smallest absolute Gasteiger partial charge is 0.478 e. The summed E-state index contributed by atoms with van der Waals surface area (Å²) >= 11 is 0. The highest BCUT2D eigenvalue weighted by Gasteiger charge is 2.32. The van der Waals surface area contributed by atoms with Gasteiger partial charge in [0.15, 0.2) is 17.1 Å². The number of benzene rings is 1. The van der Waals surface area contributed by atoms with Gasteiger partial charge in [-0.1, -0.05) is 6.07 Å². The maximum absolute atomic E-state index is 14.1. The topological polar surface area (TPSA) is 128 Å². The fourth-order valence-corrected chi connectivity index (χ4v) is 3.03. The van der Waals surface area contributed by atoms with Crippen molar-refractivity contribution >= 4 is 30.5 Å². The number of nitrogens with one attached hydrogen (secondary N) is 1. The number of aromatic amines is 1. The van der Waals surface area contributed by atoms with Crippen molar-refractivity contribution in [2.24, 2.45) is 0 Å². The van der Waals surface area contributed by atoms with E-state index in [1.165, 1.54) is 16.9 Å². The summed E-state index contributed by atoms with van der Waals surface area (Å²) in [6.07, 6.45) is -1.53. The maximum atomic E-state index is 14.1. The number of carboxylic acids is 1. The third-order valence-corrected chi connectivity index (χ3v) is 4.52. The van der Waals surface area contributed by atoms with Gasteiger partial charge in [-0.2, -0.15) is 23.7 Å². The Morgan fingerprint density at radius 1 is 1.24 bits per heavy atom. The molecule has 0 spiro atoms. The Labute approximate surface area is 187 Å². The molecule has 10 nitrogen and oxygen atoms in total. The van der Waals surface area contributed by atoms with Crippen LogP contribution in [0.1, 0.15) is 28.9 Å². The van der Waals surface area contributed by atoms with Crippen molar-refractivity contribution < 1.29 is 32.2 Å². The summed E-state index contributed by atoms with van der Waals surface area (Å²) in [4.78, 5) is 30.3. The Hall–Kier alpha value is -3.88. The minimum Gasteiger partial charge on any atom is -0.478 e. The van der Waals surface area contributed by atoms with Gasteiger partial charge in [-0.05, 0) is 24.6 Å². The van der Waals surface area contributed by atoms with Gasteiger partial charge in [0.25, 0.3) is 5.56 Å². The Kier molecular flexibility index (Phi) is 6.18. The van der Waals surface area contributed by atoms with Gasteiger partial charge in [0.1, 0.15) is 5.52 Å². The first kappa shape index (κ1) is 23.8. The van der Waals surface area contributed by atoms with Crippen LogP contribution < -0.4 is 10.3 Å². The standard InChI is InChI=1S/C18H12F4N6O4.H2S/c1-8(9-2-3-13(11(19)4-9)32-18(20,21)22)28-14-12(6-24-28)25-17(26-15(14)29)27-7-10(5-23-27)16(30)31;/h2-8H,1H3,(H,30,31)(H,25,26,29);1H2/t8-;/m0./s1. The highest BCUT2D eigenvalue weighted by molar-refractivity contribution is 7.59. The van der Waals surface area contributed by atoms with Crippen LogP contribution in [0.3, 0.4) is 0 Å². The Morgan fingerprint density at radius 2 is 1.97 bits per heavy atom. The number of hydrogen-bond acceptors (Lipinski definition) is 6. The monoisotopic (exact) mass is 486 g/mol. The van der Waals surface area contributed by atoms with Crippen LogP contribution in [-0.4, -0.2) is 47.0 Å². The second kappa shape index (κ2) is 8.57. The maximum Gasteiger partial charge on any atom is 0.573 e. The zero-order valence-electron chi connectivity index (χ0n) is 16.5. The average Bonchev–Trinajstić information content (AvgIpc) is 3.35. The summed E-state index contributed by atoms with van der Waals surface area (Å²) in [6, 6.07) is 2.15. The molecule has 0 aliphatic heterocycles. The Morgan fingerprint density at radius 3 is 2.58 bits per heavy atom. The number of nitrogens with zero attached hydrogens (tertiary/aromatic N) is 5. The minimum atomic E-state index is -5.04. The highest BCUT2D eigenvalue weighted by atomic mass is 32.1. The molecule has 0 fully saturated rings.